The summed E-state index contributed by atoms with van der Waals surface area (Å²) >= 11 is 0. The first-order chi connectivity index (χ1) is 13.5. The lowest BCUT2D eigenvalue weighted by Crippen LogP contribution is -2.09. The van der Waals surface area contributed by atoms with Gasteiger partial charge in [0.2, 0.25) is 0 Å². The molecule has 0 saturated carbocycles. The number of phenols is 1. The molecule has 0 amide bonds. The standard InChI is InChI=1S/C25H24N2O/c1-16-7-4-5-10-21(16)23(15-20-9-6-8-17(2)26-20)22-14-13-19-12-11-18(3)27-24(19)25(22)28/h4-14,23,28H,15H2,1-3H3. The van der Waals surface area contributed by atoms with E-state index in [-0.39, 0.29) is 11.7 Å². The van der Waals surface area contributed by atoms with Crippen LogP contribution in [0, 0.1) is 20.8 Å². The summed E-state index contributed by atoms with van der Waals surface area (Å²) in [5.41, 5.74) is 6.88. The zero-order valence-electron chi connectivity index (χ0n) is 16.5. The molecule has 4 rings (SSSR count). The van der Waals surface area contributed by atoms with Gasteiger partial charge in [0.05, 0.1) is 0 Å². The SMILES string of the molecule is Cc1cccc(CC(c2ccccc2C)c2ccc3ccc(C)nc3c2O)n1. The summed E-state index contributed by atoms with van der Waals surface area (Å²) in [7, 11) is 0. The Morgan fingerprint density at radius 2 is 1.50 bits per heavy atom. The topological polar surface area (TPSA) is 46.0 Å². The average Bonchev–Trinajstić information content (AvgIpc) is 2.68. The van der Waals surface area contributed by atoms with Gasteiger partial charge in [0.25, 0.3) is 0 Å². The number of hydrogen-bond donors (Lipinski definition) is 1. The second kappa shape index (κ2) is 7.43. The van der Waals surface area contributed by atoms with Gasteiger partial charge in [0.15, 0.2) is 0 Å². The highest BCUT2D eigenvalue weighted by atomic mass is 16.3. The molecule has 0 saturated heterocycles. The molecule has 3 heteroatoms. The molecule has 0 radical (unpaired) electrons. The summed E-state index contributed by atoms with van der Waals surface area (Å²) < 4.78 is 0. The maximum absolute atomic E-state index is 11.1. The number of aryl methyl sites for hydroxylation is 3. The molecule has 1 unspecified atom stereocenters. The third-order valence-corrected chi connectivity index (χ3v) is 5.30. The van der Waals surface area contributed by atoms with Crippen LogP contribution >= 0.6 is 0 Å². The van der Waals surface area contributed by atoms with Crippen LogP contribution in [-0.2, 0) is 6.42 Å². The molecule has 4 aromatic rings. The first kappa shape index (κ1) is 18.2. The Balaban J connectivity index is 1.89. The lowest BCUT2D eigenvalue weighted by atomic mass is 9.84. The van der Waals surface area contributed by atoms with Crippen molar-refractivity contribution in [3.63, 3.8) is 0 Å². The van der Waals surface area contributed by atoms with E-state index >= 15 is 0 Å². The lowest BCUT2D eigenvalue weighted by molar-refractivity contribution is 0.469. The molecule has 2 aromatic heterocycles. The minimum Gasteiger partial charge on any atom is -0.505 e. The van der Waals surface area contributed by atoms with E-state index < -0.39 is 0 Å². The fraction of sp³-hybridized carbons (Fsp3) is 0.200. The van der Waals surface area contributed by atoms with Crippen molar-refractivity contribution in [1.29, 1.82) is 0 Å². The van der Waals surface area contributed by atoms with E-state index in [9.17, 15) is 5.11 Å². The maximum Gasteiger partial charge on any atom is 0.145 e. The van der Waals surface area contributed by atoms with Crippen molar-refractivity contribution in [2.45, 2.75) is 33.1 Å². The quantitative estimate of drug-likeness (QED) is 0.507. The fourth-order valence-electron chi connectivity index (χ4n) is 3.86. The summed E-state index contributed by atoms with van der Waals surface area (Å²) in [6, 6.07) is 22.5. The molecule has 0 aliphatic heterocycles. The molecule has 0 aliphatic rings. The van der Waals surface area contributed by atoms with Gasteiger partial charge >= 0.3 is 0 Å². The number of aromatic nitrogens is 2. The Morgan fingerprint density at radius 1 is 0.750 bits per heavy atom. The molecule has 2 aromatic carbocycles. The van der Waals surface area contributed by atoms with Crippen molar-refractivity contribution in [2.24, 2.45) is 0 Å². The van der Waals surface area contributed by atoms with Gasteiger partial charge in [-0.1, -0.05) is 48.5 Å². The molecule has 140 valence electrons. The number of benzene rings is 2. The average molecular weight is 368 g/mol. The highest BCUT2D eigenvalue weighted by molar-refractivity contribution is 5.86. The van der Waals surface area contributed by atoms with Crippen molar-refractivity contribution < 1.29 is 5.11 Å². The number of fused-ring (bicyclic) bond motifs is 1. The number of phenolic OH excluding ortho intramolecular Hbond substituents is 1. The second-order valence-electron chi connectivity index (χ2n) is 7.41. The number of hydrogen-bond acceptors (Lipinski definition) is 3. The van der Waals surface area contributed by atoms with E-state index in [2.05, 4.69) is 36.2 Å². The van der Waals surface area contributed by atoms with E-state index in [0.717, 1.165) is 34.5 Å². The van der Waals surface area contributed by atoms with Crippen LogP contribution in [0.3, 0.4) is 0 Å². The molecular formula is C25H24N2O. The van der Waals surface area contributed by atoms with Crippen LogP contribution in [0.1, 0.15) is 39.7 Å². The van der Waals surface area contributed by atoms with Gasteiger partial charge in [0.1, 0.15) is 11.3 Å². The van der Waals surface area contributed by atoms with E-state index in [4.69, 9.17) is 4.98 Å². The van der Waals surface area contributed by atoms with Crippen molar-refractivity contribution in [3.8, 4) is 5.75 Å². The van der Waals surface area contributed by atoms with Crippen LogP contribution in [0.2, 0.25) is 0 Å². The Hall–Kier alpha value is -3.20. The fourth-order valence-corrected chi connectivity index (χ4v) is 3.86. The number of aromatic hydroxyl groups is 1. The molecule has 0 fully saturated rings. The van der Waals surface area contributed by atoms with Crippen LogP contribution < -0.4 is 0 Å². The second-order valence-corrected chi connectivity index (χ2v) is 7.41. The minimum atomic E-state index is 0.00205. The molecule has 3 nitrogen and oxygen atoms in total. The van der Waals surface area contributed by atoms with Crippen LogP contribution in [0.4, 0.5) is 0 Å². The van der Waals surface area contributed by atoms with Gasteiger partial charge in [-0.15, -0.1) is 0 Å². The predicted octanol–water partition coefficient (Wildman–Crippen LogP) is 5.64. The molecule has 0 aliphatic carbocycles. The summed E-state index contributed by atoms with van der Waals surface area (Å²) in [6.07, 6.45) is 0.720. The monoisotopic (exact) mass is 368 g/mol. The first-order valence-electron chi connectivity index (χ1n) is 9.60. The number of nitrogens with zero attached hydrogens (tertiary/aromatic N) is 2. The molecule has 28 heavy (non-hydrogen) atoms. The molecule has 0 bridgehead atoms. The highest BCUT2D eigenvalue weighted by Gasteiger charge is 2.22. The maximum atomic E-state index is 11.1. The zero-order chi connectivity index (χ0) is 19.7. The Labute approximate surface area is 165 Å². The molecule has 2 heterocycles. The van der Waals surface area contributed by atoms with E-state index in [1.165, 1.54) is 11.1 Å². The number of rotatable bonds is 4. The summed E-state index contributed by atoms with van der Waals surface area (Å²) in [6.45, 7) is 6.07. The van der Waals surface area contributed by atoms with Crippen molar-refractivity contribution >= 4 is 10.9 Å². The van der Waals surface area contributed by atoms with E-state index in [1.54, 1.807) is 0 Å². The van der Waals surface area contributed by atoms with Gasteiger partial charge in [-0.25, -0.2) is 4.98 Å². The van der Waals surface area contributed by atoms with Crippen LogP contribution in [0.25, 0.3) is 10.9 Å². The third-order valence-electron chi connectivity index (χ3n) is 5.30. The van der Waals surface area contributed by atoms with Crippen molar-refractivity contribution in [2.75, 3.05) is 0 Å². The Bertz CT molecular complexity index is 1150. The van der Waals surface area contributed by atoms with E-state index in [0.29, 0.717) is 5.52 Å². The molecule has 1 atom stereocenters. The summed E-state index contributed by atoms with van der Waals surface area (Å²) in [4.78, 5) is 9.29. The predicted molar refractivity (Wildman–Crippen MR) is 114 cm³/mol. The first-order valence-corrected chi connectivity index (χ1v) is 9.60. The van der Waals surface area contributed by atoms with Gasteiger partial charge in [0, 0.05) is 40.4 Å². The highest BCUT2D eigenvalue weighted by Crippen LogP contribution is 2.38. The lowest BCUT2D eigenvalue weighted by Gasteiger charge is -2.22. The summed E-state index contributed by atoms with van der Waals surface area (Å²) in [5, 5.41) is 12.1. The molecule has 0 spiro atoms. The van der Waals surface area contributed by atoms with Gasteiger partial charge in [-0.3, -0.25) is 4.98 Å². The van der Waals surface area contributed by atoms with E-state index in [1.807, 2.05) is 56.3 Å². The normalized spacial score (nSPS) is 12.2. The Kier molecular flexibility index (Phi) is 4.82. The zero-order valence-corrected chi connectivity index (χ0v) is 16.5. The largest absolute Gasteiger partial charge is 0.505 e. The molecule has 1 N–H and O–H groups in total. The van der Waals surface area contributed by atoms with Crippen molar-refractivity contribution in [1.82, 2.24) is 9.97 Å². The van der Waals surface area contributed by atoms with Crippen LogP contribution in [0.15, 0.2) is 66.7 Å². The van der Waals surface area contributed by atoms with Gasteiger partial charge < -0.3 is 5.11 Å². The smallest absolute Gasteiger partial charge is 0.145 e. The third kappa shape index (κ3) is 3.48. The minimum absolute atomic E-state index is 0.00205. The van der Waals surface area contributed by atoms with Gasteiger partial charge in [-0.2, -0.15) is 0 Å². The van der Waals surface area contributed by atoms with Crippen LogP contribution in [0.5, 0.6) is 5.75 Å². The summed E-state index contributed by atoms with van der Waals surface area (Å²) in [5.74, 6) is 0.268. The Morgan fingerprint density at radius 3 is 2.29 bits per heavy atom. The number of pyridine rings is 2. The van der Waals surface area contributed by atoms with Gasteiger partial charge in [-0.05, 0) is 50.1 Å². The molecular weight excluding hydrogens is 344 g/mol. The van der Waals surface area contributed by atoms with Crippen LogP contribution in [-0.4, -0.2) is 15.1 Å². The van der Waals surface area contributed by atoms with Crippen molar-refractivity contribution in [3.05, 3.63) is 101 Å².